The summed E-state index contributed by atoms with van der Waals surface area (Å²) in [5.74, 6) is -1.39. The number of hydrogen-bond acceptors (Lipinski definition) is 10. The number of methoxy groups -OCH3 is 2. The quantitative estimate of drug-likeness (QED) is 0.119. The fourth-order valence-corrected chi connectivity index (χ4v) is 7.37. The fourth-order valence-electron chi connectivity index (χ4n) is 7.04. The van der Waals surface area contributed by atoms with Gasteiger partial charge in [0, 0.05) is 48.8 Å². The number of ether oxygens (including phenoxy) is 3. The van der Waals surface area contributed by atoms with Crippen LogP contribution in [0.25, 0.3) is 22.4 Å². The predicted octanol–water partition coefficient (Wildman–Crippen LogP) is 6.04. The highest BCUT2D eigenvalue weighted by Gasteiger charge is 2.50. The first-order valence-electron chi connectivity index (χ1n) is 17.5. The van der Waals surface area contributed by atoms with Crippen molar-refractivity contribution in [2.24, 2.45) is 0 Å². The molecule has 284 valence electrons. The number of aliphatic carboxylic acids is 1. The van der Waals surface area contributed by atoms with Crippen LogP contribution in [0.3, 0.4) is 0 Å². The number of alkyl halides is 3. The van der Waals surface area contributed by atoms with Crippen molar-refractivity contribution in [1.82, 2.24) is 30.9 Å². The minimum atomic E-state index is -4.81. The molecule has 7 rings (SSSR count). The van der Waals surface area contributed by atoms with Gasteiger partial charge in [-0.3, -0.25) is 19.9 Å². The molecular formula is C38H38ClF3N6O6. The summed E-state index contributed by atoms with van der Waals surface area (Å²) in [7, 11) is 2.80. The lowest BCUT2D eigenvalue weighted by molar-refractivity contribution is -0.141. The number of rotatable bonds is 14. The lowest BCUT2D eigenvalue weighted by Gasteiger charge is -2.21. The average Bonchev–Trinajstić information content (AvgIpc) is 3.68. The van der Waals surface area contributed by atoms with Crippen LogP contribution in [0.15, 0.2) is 48.7 Å². The molecule has 1 amide bonds. The number of carbonyl (C=O) groups is 2. The molecule has 2 aromatic heterocycles. The Kier molecular flexibility index (Phi) is 10.4. The van der Waals surface area contributed by atoms with E-state index in [2.05, 4.69) is 25.9 Å². The summed E-state index contributed by atoms with van der Waals surface area (Å²) in [4.78, 5) is 36.6. The lowest BCUT2D eigenvalue weighted by atomic mass is 9.95. The second-order valence-electron chi connectivity index (χ2n) is 13.6. The van der Waals surface area contributed by atoms with E-state index in [4.69, 9.17) is 30.8 Å². The Balaban J connectivity index is 1.13. The van der Waals surface area contributed by atoms with Gasteiger partial charge in [0.15, 0.2) is 0 Å². The van der Waals surface area contributed by atoms with E-state index in [9.17, 15) is 27.9 Å². The van der Waals surface area contributed by atoms with Crippen molar-refractivity contribution in [3.63, 3.8) is 0 Å². The number of halogens is 4. The van der Waals surface area contributed by atoms with Crippen LogP contribution in [0.2, 0.25) is 5.02 Å². The standard InChI is InChI=1S/C38H38ClF3N6O6/c1-52-33-20(16-45-37(13-14-37)36(50)51)15-27(38(40,41)42)34(48-33)54-30-11-10-23-22(5-3-6-24(23)30)25-7-4-8-26(32(25)39)28-19-44-29(35(47-28)53-2)18-43-17-21-9-12-31(49)46-21/h3-8,15,19,21,30,43,45H,9-14,16-18H2,1-2H3,(H,46,49)(H,50,51)/t21-,30-/m0/s1. The molecule has 2 atom stereocenters. The van der Waals surface area contributed by atoms with Crippen LogP contribution in [-0.4, -0.2) is 64.3 Å². The Hall–Kier alpha value is -4.99. The van der Waals surface area contributed by atoms with Gasteiger partial charge in [-0.1, -0.05) is 48.0 Å². The maximum atomic E-state index is 14.4. The van der Waals surface area contributed by atoms with Gasteiger partial charge in [-0.05, 0) is 54.9 Å². The van der Waals surface area contributed by atoms with Crippen LogP contribution in [0.4, 0.5) is 13.2 Å². The van der Waals surface area contributed by atoms with Crippen LogP contribution < -0.4 is 30.2 Å². The van der Waals surface area contributed by atoms with Gasteiger partial charge in [0.05, 0.1) is 31.1 Å². The van der Waals surface area contributed by atoms with Crippen molar-refractivity contribution < 1.29 is 42.1 Å². The number of nitrogens with one attached hydrogen (secondary N) is 3. The maximum Gasteiger partial charge on any atom is 0.421 e. The highest BCUT2D eigenvalue weighted by atomic mass is 35.5. The molecule has 54 heavy (non-hydrogen) atoms. The first-order chi connectivity index (χ1) is 25.9. The Labute approximate surface area is 313 Å². The van der Waals surface area contributed by atoms with E-state index in [0.29, 0.717) is 84.2 Å². The van der Waals surface area contributed by atoms with Crippen molar-refractivity contribution in [1.29, 1.82) is 0 Å². The molecule has 2 fully saturated rings. The van der Waals surface area contributed by atoms with E-state index in [0.717, 1.165) is 23.6 Å². The first kappa shape index (κ1) is 37.3. The topological polar surface area (TPSA) is 157 Å². The summed E-state index contributed by atoms with van der Waals surface area (Å²) in [5, 5.41) is 19.0. The molecule has 3 heterocycles. The Morgan fingerprint density at radius 2 is 1.74 bits per heavy atom. The smallest absolute Gasteiger partial charge is 0.421 e. The van der Waals surface area contributed by atoms with Crippen LogP contribution in [-0.2, 0) is 35.3 Å². The molecule has 12 nitrogen and oxygen atoms in total. The third-order valence-corrected chi connectivity index (χ3v) is 10.5. The predicted molar refractivity (Wildman–Crippen MR) is 191 cm³/mol. The number of fused-ring (bicyclic) bond motifs is 1. The largest absolute Gasteiger partial charge is 0.481 e. The highest BCUT2D eigenvalue weighted by molar-refractivity contribution is 6.36. The second-order valence-corrected chi connectivity index (χ2v) is 14.0. The van der Waals surface area contributed by atoms with Crippen LogP contribution in [0, 0.1) is 0 Å². The van der Waals surface area contributed by atoms with Crippen molar-refractivity contribution in [3.05, 3.63) is 81.6 Å². The maximum absolute atomic E-state index is 14.4. The summed E-state index contributed by atoms with van der Waals surface area (Å²) < 4.78 is 60.2. The normalized spacial score (nSPS) is 18.6. The second kappa shape index (κ2) is 15.0. The van der Waals surface area contributed by atoms with Gasteiger partial charge in [0.1, 0.15) is 22.9 Å². The van der Waals surface area contributed by atoms with E-state index in [-0.39, 0.29) is 29.9 Å². The molecule has 0 bridgehead atoms. The van der Waals surface area contributed by atoms with Gasteiger partial charge >= 0.3 is 12.1 Å². The number of carboxylic acid groups (broad SMARTS) is 1. The van der Waals surface area contributed by atoms with Gasteiger partial charge < -0.3 is 30.0 Å². The summed E-state index contributed by atoms with van der Waals surface area (Å²) in [6.45, 7) is 0.801. The minimum Gasteiger partial charge on any atom is -0.481 e. The van der Waals surface area contributed by atoms with Crippen LogP contribution >= 0.6 is 11.6 Å². The van der Waals surface area contributed by atoms with Gasteiger partial charge in [-0.15, -0.1) is 0 Å². The SMILES string of the molecule is COc1nc(O[C@H]2CCc3c(-c4cccc(-c5cnc(CNC[C@@H]6CCC(=O)N6)c(OC)n5)c4Cl)cccc32)c(C(F)(F)F)cc1CNC1(C(=O)O)CC1. The summed E-state index contributed by atoms with van der Waals surface area (Å²) in [6.07, 6.45) is -0.977. The number of amides is 1. The fraction of sp³-hybridized carbons (Fsp3) is 0.395. The van der Waals surface area contributed by atoms with Crippen molar-refractivity contribution in [3.8, 4) is 40.0 Å². The van der Waals surface area contributed by atoms with Gasteiger partial charge in [0.2, 0.25) is 23.5 Å². The van der Waals surface area contributed by atoms with Crippen molar-refractivity contribution in [2.45, 2.75) is 75.5 Å². The molecule has 1 saturated carbocycles. The van der Waals surface area contributed by atoms with E-state index < -0.39 is 35.2 Å². The molecule has 4 N–H and O–H groups in total. The molecule has 1 aliphatic heterocycles. The van der Waals surface area contributed by atoms with Crippen LogP contribution in [0.5, 0.6) is 17.6 Å². The third-order valence-electron chi connectivity index (χ3n) is 10.1. The molecular weight excluding hydrogens is 729 g/mol. The lowest BCUT2D eigenvalue weighted by Crippen LogP contribution is -2.38. The van der Waals surface area contributed by atoms with E-state index in [1.165, 1.54) is 14.2 Å². The number of benzene rings is 2. The number of carbonyl (C=O) groups excluding carboxylic acids is 1. The zero-order chi connectivity index (χ0) is 38.2. The Bertz CT molecular complexity index is 2100. The number of aromatic nitrogens is 3. The zero-order valence-corrected chi connectivity index (χ0v) is 30.2. The molecule has 4 aromatic rings. The number of carboxylic acids is 1. The Morgan fingerprint density at radius 3 is 2.43 bits per heavy atom. The number of nitrogens with zero attached hydrogens (tertiary/aromatic N) is 3. The van der Waals surface area contributed by atoms with Gasteiger partial charge in [-0.25, -0.2) is 4.98 Å². The average molecular weight is 767 g/mol. The molecule has 0 radical (unpaired) electrons. The number of pyridine rings is 1. The molecule has 1 saturated heterocycles. The van der Waals surface area contributed by atoms with Crippen LogP contribution in [0.1, 0.15) is 66.2 Å². The van der Waals surface area contributed by atoms with Gasteiger partial charge in [0.25, 0.3) is 0 Å². The number of hydrogen-bond donors (Lipinski definition) is 4. The molecule has 2 aromatic carbocycles. The van der Waals surface area contributed by atoms with E-state index in [1.807, 2.05) is 36.4 Å². The molecule has 0 unspecified atom stereocenters. The van der Waals surface area contributed by atoms with E-state index >= 15 is 0 Å². The summed E-state index contributed by atoms with van der Waals surface area (Å²) in [6, 6.07) is 12.1. The summed E-state index contributed by atoms with van der Waals surface area (Å²) in [5.41, 5.74) is 2.64. The molecule has 16 heteroatoms. The molecule has 3 aliphatic rings. The molecule has 2 aliphatic carbocycles. The molecule has 0 spiro atoms. The Morgan fingerprint density at radius 1 is 1.00 bits per heavy atom. The monoisotopic (exact) mass is 766 g/mol. The highest BCUT2D eigenvalue weighted by Crippen LogP contribution is 2.46. The first-order valence-corrected chi connectivity index (χ1v) is 17.9. The van der Waals surface area contributed by atoms with Crippen molar-refractivity contribution in [2.75, 3.05) is 20.8 Å². The van der Waals surface area contributed by atoms with Gasteiger partial charge in [-0.2, -0.15) is 18.2 Å². The summed E-state index contributed by atoms with van der Waals surface area (Å²) >= 11 is 7.07. The third kappa shape index (κ3) is 7.52. The minimum absolute atomic E-state index is 0.0488. The zero-order valence-electron chi connectivity index (χ0n) is 29.5. The van der Waals surface area contributed by atoms with Crippen molar-refractivity contribution >= 4 is 23.5 Å². The van der Waals surface area contributed by atoms with E-state index in [1.54, 1.807) is 6.20 Å².